The normalized spacial score (nSPS) is 21.5. The van der Waals surface area contributed by atoms with Crippen LogP contribution < -0.4 is 14.8 Å². The predicted octanol–water partition coefficient (Wildman–Crippen LogP) is 4.39. The standard InChI is InChI=1S/C24H38N2O4/c1-6-11-26-12-7-8-18-13-19-17(14-20(18)26)9-10-21(22(19)29-16-28-5)30-23(27)25-15-24(2,3)4/h9-10,18,20H,6-8,11-16H2,1-5H3,(H,25,27)/t18-,20-/m1/s1. The Labute approximate surface area is 181 Å². The molecular formula is C24H38N2O4. The maximum Gasteiger partial charge on any atom is 0.412 e. The molecule has 1 heterocycles. The quantitative estimate of drug-likeness (QED) is 0.666. The minimum atomic E-state index is -0.451. The Morgan fingerprint density at radius 1 is 1.27 bits per heavy atom. The molecule has 0 radical (unpaired) electrons. The smallest absolute Gasteiger partial charge is 0.412 e. The van der Waals surface area contributed by atoms with Gasteiger partial charge in [-0.2, -0.15) is 0 Å². The summed E-state index contributed by atoms with van der Waals surface area (Å²) in [6.45, 7) is 11.5. The third-order valence-electron chi connectivity index (χ3n) is 6.05. The lowest BCUT2D eigenvalue weighted by atomic mass is 9.75. The number of carbonyl (C=O) groups excluding carboxylic acids is 1. The van der Waals surface area contributed by atoms with E-state index in [0.717, 1.165) is 12.8 Å². The van der Waals surface area contributed by atoms with E-state index in [4.69, 9.17) is 14.2 Å². The number of nitrogens with one attached hydrogen (secondary N) is 1. The van der Waals surface area contributed by atoms with Crippen LogP contribution in [-0.4, -0.2) is 50.6 Å². The number of fused-ring (bicyclic) bond motifs is 2. The van der Waals surface area contributed by atoms with Crippen molar-refractivity contribution < 1.29 is 19.0 Å². The average Bonchev–Trinajstić information content (AvgIpc) is 2.70. The summed E-state index contributed by atoms with van der Waals surface area (Å²) in [7, 11) is 1.60. The fourth-order valence-corrected chi connectivity index (χ4v) is 4.69. The van der Waals surface area contributed by atoms with Crippen LogP contribution in [0.15, 0.2) is 12.1 Å². The molecule has 6 nitrogen and oxygen atoms in total. The summed E-state index contributed by atoms with van der Waals surface area (Å²) < 4.78 is 16.8. The van der Waals surface area contributed by atoms with E-state index in [1.807, 2.05) is 6.07 Å². The summed E-state index contributed by atoms with van der Waals surface area (Å²) in [5.74, 6) is 1.75. The first-order valence-electron chi connectivity index (χ1n) is 11.3. The van der Waals surface area contributed by atoms with Crippen molar-refractivity contribution in [1.82, 2.24) is 10.2 Å². The number of piperidine rings is 1. The molecule has 2 aliphatic rings. The van der Waals surface area contributed by atoms with Crippen molar-refractivity contribution in [2.45, 2.75) is 65.8 Å². The van der Waals surface area contributed by atoms with Crippen molar-refractivity contribution in [2.24, 2.45) is 11.3 Å². The fraction of sp³-hybridized carbons (Fsp3) is 0.708. The number of rotatable bonds is 7. The van der Waals surface area contributed by atoms with Gasteiger partial charge in [-0.15, -0.1) is 0 Å². The molecule has 0 aromatic heterocycles. The number of carbonyl (C=O) groups is 1. The molecule has 1 aromatic carbocycles. The lowest BCUT2D eigenvalue weighted by molar-refractivity contribution is 0.0461. The molecule has 1 aromatic rings. The minimum absolute atomic E-state index is 0.00931. The Balaban J connectivity index is 1.82. The maximum absolute atomic E-state index is 12.4. The van der Waals surface area contributed by atoms with Gasteiger partial charge in [0.05, 0.1) is 0 Å². The van der Waals surface area contributed by atoms with Gasteiger partial charge in [-0.3, -0.25) is 4.90 Å². The van der Waals surface area contributed by atoms with E-state index in [1.54, 1.807) is 7.11 Å². The van der Waals surface area contributed by atoms with Gasteiger partial charge < -0.3 is 19.5 Å². The lowest BCUT2D eigenvalue weighted by Gasteiger charge is -2.45. The van der Waals surface area contributed by atoms with Crippen LogP contribution in [-0.2, 0) is 17.6 Å². The molecule has 1 saturated heterocycles. The number of nitrogens with zero attached hydrogens (tertiary/aromatic N) is 1. The van der Waals surface area contributed by atoms with Crippen LogP contribution in [0.2, 0.25) is 0 Å². The Hall–Kier alpha value is -1.79. The number of hydrogen-bond donors (Lipinski definition) is 1. The van der Waals surface area contributed by atoms with E-state index in [1.165, 1.54) is 43.5 Å². The van der Waals surface area contributed by atoms with Crippen LogP contribution in [0.25, 0.3) is 0 Å². The van der Waals surface area contributed by atoms with Gasteiger partial charge in [0, 0.05) is 25.3 Å². The first-order chi connectivity index (χ1) is 14.3. The topological polar surface area (TPSA) is 60.0 Å². The van der Waals surface area contributed by atoms with E-state index in [0.29, 0.717) is 30.0 Å². The van der Waals surface area contributed by atoms with Crippen molar-refractivity contribution in [2.75, 3.05) is 33.5 Å². The van der Waals surface area contributed by atoms with Crippen molar-refractivity contribution in [3.63, 3.8) is 0 Å². The molecule has 1 amide bonds. The number of hydrogen-bond acceptors (Lipinski definition) is 5. The van der Waals surface area contributed by atoms with Crippen molar-refractivity contribution in [3.05, 3.63) is 23.3 Å². The van der Waals surface area contributed by atoms with Crippen LogP contribution in [0.5, 0.6) is 11.5 Å². The Morgan fingerprint density at radius 3 is 2.77 bits per heavy atom. The maximum atomic E-state index is 12.4. The van der Waals surface area contributed by atoms with Crippen LogP contribution in [0, 0.1) is 11.3 Å². The number of methoxy groups -OCH3 is 1. The molecule has 0 unspecified atom stereocenters. The molecule has 168 valence electrons. The third-order valence-corrected chi connectivity index (χ3v) is 6.05. The molecule has 1 aliphatic heterocycles. The zero-order valence-corrected chi connectivity index (χ0v) is 19.3. The van der Waals surface area contributed by atoms with E-state index in [9.17, 15) is 4.79 Å². The average molecular weight is 419 g/mol. The number of benzene rings is 1. The fourth-order valence-electron chi connectivity index (χ4n) is 4.69. The van der Waals surface area contributed by atoms with Gasteiger partial charge in [0.25, 0.3) is 0 Å². The largest absolute Gasteiger partial charge is 0.463 e. The first-order valence-corrected chi connectivity index (χ1v) is 11.3. The monoisotopic (exact) mass is 418 g/mol. The highest BCUT2D eigenvalue weighted by Crippen LogP contribution is 2.43. The third kappa shape index (κ3) is 5.67. The molecule has 0 bridgehead atoms. The van der Waals surface area contributed by atoms with Gasteiger partial charge in [0.1, 0.15) is 0 Å². The molecule has 1 aliphatic carbocycles. The molecule has 6 heteroatoms. The van der Waals surface area contributed by atoms with Crippen LogP contribution in [0.3, 0.4) is 0 Å². The molecule has 0 spiro atoms. The minimum Gasteiger partial charge on any atom is -0.463 e. The molecule has 3 rings (SSSR count). The Bertz CT molecular complexity index is 727. The van der Waals surface area contributed by atoms with E-state index in [-0.39, 0.29) is 12.2 Å². The van der Waals surface area contributed by atoms with Crippen LogP contribution >= 0.6 is 0 Å². The van der Waals surface area contributed by atoms with Gasteiger partial charge >= 0.3 is 6.09 Å². The van der Waals surface area contributed by atoms with Crippen LogP contribution in [0.1, 0.15) is 58.1 Å². The summed E-state index contributed by atoms with van der Waals surface area (Å²) in [4.78, 5) is 15.0. The van der Waals surface area contributed by atoms with Crippen molar-refractivity contribution in [1.29, 1.82) is 0 Å². The van der Waals surface area contributed by atoms with Gasteiger partial charge in [-0.1, -0.05) is 33.8 Å². The Morgan fingerprint density at radius 2 is 2.07 bits per heavy atom. The van der Waals surface area contributed by atoms with Gasteiger partial charge in [0.15, 0.2) is 18.3 Å². The van der Waals surface area contributed by atoms with Gasteiger partial charge in [-0.25, -0.2) is 4.79 Å². The highest BCUT2D eigenvalue weighted by Gasteiger charge is 2.37. The molecule has 1 fully saturated rings. The predicted molar refractivity (Wildman–Crippen MR) is 118 cm³/mol. The summed E-state index contributed by atoms with van der Waals surface area (Å²) in [6, 6.07) is 4.58. The summed E-state index contributed by atoms with van der Waals surface area (Å²) >= 11 is 0. The molecular weight excluding hydrogens is 380 g/mol. The summed E-state index contributed by atoms with van der Waals surface area (Å²) in [5, 5.41) is 2.84. The number of ether oxygens (including phenoxy) is 3. The highest BCUT2D eigenvalue weighted by molar-refractivity contribution is 5.72. The molecule has 30 heavy (non-hydrogen) atoms. The first kappa shape index (κ1) is 22.9. The van der Waals surface area contributed by atoms with Crippen molar-refractivity contribution in [3.8, 4) is 11.5 Å². The zero-order chi connectivity index (χ0) is 21.7. The second-order valence-electron chi connectivity index (χ2n) is 9.80. The summed E-state index contributed by atoms with van der Waals surface area (Å²) in [5.41, 5.74) is 2.46. The van der Waals surface area contributed by atoms with Crippen molar-refractivity contribution >= 4 is 6.09 Å². The second-order valence-corrected chi connectivity index (χ2v) is 9.80. The number of amides is 1. The zero-order valence-electron chi connectivity index (χ0n) is 19.3. The lowest BCUT2D eigenvalue weighted by Crippen LogP contribution is -2.49. The van der Waals surface area contributed by atoms with E-state index < -0.39 is 6.09 Å². The van der Waals surface area contributed by atoms with Crippen LogP contribution in [0.4, 0.5) is 4.79 Å². The molecule has 0 saturated carbocycles. The number of likely N-dealkylation sites (tertiary alicyclic amines) is 1. The SMILES string of the molecule is CCCN1CCC[C@@H]2Cc3c(ccc(OC(=O)NCC(C)(C)C)c3OCOC)C[C@H]21. The summed E-state index contributed by atoms with van der Waals surface area (Å²) in [6.07, 6.45) is 5.21. The Kier molecular flexibility index (Phi) is 7.64. The molecule has 1 N–H and O–H groups in total. The van der Waals surface area contributed by atoms with E-state index >= 15 is 0 Å². The van der Waals surface area contributed by atoms with E-state index in [2.05, 4.69) is 44.0 Å². The second kappa shape index (κ2) is 10.0. The van der Waals surface area contributed by atoms with Gasteiger partial charge in [-0.05, 0) is 68.2 Å². The molecule has 2 atom stereocenters. The highest BCUT2D eigenvalue weighted by atomic mass is 16.7. The van der Waals surface area contributed by atoms with Gasteiger partial charge in [0.2, 0.25) is 0 Å².